The zero-order valence-corrected chi connectivity index (χ0v) is 28.3. The average Bonchev–Trinajstić information content (AvgIpc) is 3.72. The molecule has 0 radical (unpaired) electrons. The summed E-state index contributed by atoms with van der Waals surface area (Å²) in [6, 6.07) is 15.4. The summed E-state index contributed by atoms with van der Waals surface area (Å²) >= 11 is 0. The first-order chi connectivity index (χ1) is 24.2. The second kappa shape index (κ2) is 13.1. The molecule has 4 heterocycles. The molecule has 3 atom stereocenters. The van der Waals surface area contributed by atoms with Crippen molar-refractivity contribution in [2.24, 2.45) is 0 Å². The Hall–Kier alpha value is -4.31. The van der Waals surface area contributed by atoms with Gasteiger partial charge in [0.25, 0.3) is 5.91 Å². The van der Waals surface area contributed by atoms with Crippen molar-refractivity contribution in [2.75, 3.05) is 60.6 Å². The van der Waals surface area contributed by atoms with Crippen LogP contribution in [0.5, 0.6) is 0 Å². The minimum Gasteiger partial charge on any atom is -0.377 e. The summed E-state index contributed by atoms with van der Waals surface area (Å²) in [7, 11) is 0. The maximum absolute atomic E-state index is 14.8. The minimum atomic E-state index is -0.901. The number of rotatable bonds is 6. The van der Waals surface area contributed by atoms with Crippen molar-refractivity contribution in [2.45, 2.75) is 68.4 Å². The van der Waals surface area contributed by atoms with Crippen LogP contribution in [0.3, 0.4) is 0 Å². The highest BCUT2D eigenvalue weighted by Gasteiger charge is 2.47. The highest BCUT2D eigenvalue weighted by atomic mass is 19.2. The molecule has 4 aliphatic heterocycles. The predicted molar refractivity (Wildman–Crippen MR) is 187 cm³/mol. The summed E-state index contributed by atoms with van der Waals surface area (Å²) in [5.41, 5.74) is 5.64. The predicted octanol–water partition coefficient (Wildman–Crippen LogP) is 6.49. The van der Waals surface area contributed by atoms with Crippen LogP contribution in [-0.4, -0.2) is 74.7 Å². The monoisotopic (exact) mass is 684 g/mol. The molecular formula is C40H43F3N4O3. The number of halogens is 3. The second-order valence-electron chi connectivity index (χ2n) is 14.7. The summed E-state index contributed by atoms with van der Waals surface area (Å²) in [5.74, 6) is -2.16. The molecule has 50 heavy (non-hydrogen) atoms. The number of morpholine rings is 1. The van der Waals surface area contributed by atoms with Gasteiger partial charge in [0.1, 0.15) is 5.82 Å². The zero-order chi connectivity index (χ0) is 34.6. The molecule has 0 bridgehead atoms. The number of carbonyl (C=O) groups excluding carboxylic acids is 2. The topological polar surface area (TPSA) is 56.3 Å². The second-order valence-corrected chi connectivity index (χ2v) is 14.7. The summed E-state index contributed by atoms with van der Waals surface area (Å²) in [4.78, 5) is 35.3. The molecule has 3 fully saturated rings. The van der Waals surface area contributed by atoms with Crippen molar-refractivity contribution in [3.63, 3.8) is 0 Å². The Morgan fingerprint density at radius 2 is 1.78 bits per heavy atom. The molecule has 8 rings (SSSR count). The Labute approximate surface area is 291 Å². The summed E-state index contributed by atoms with van der Waals surface area (Å²) in [6.07, 6.45) is 6.71. The lowest BCUT2D eigenvalue weighted by Crippen LogP contribution is -2.50. The van der Waals surface area contributed by atoms with Gasteiger partial charge in [-0.3, -0.25) is 9.59 Å². The molecular weight excluding hydrogens is 641 g/mol. The molecule has 0 aromatic heterocycles. The molecule has 1 spiro atoms. The first-order valence-corrected chi connectivity index (χ1v) is 17.9. The Morgan fingerprint density at radius 3 is 2.58 bits per heavy atom. The van der Waals surface area contributed by atoms with Crippen molar-refractivity contribution in [3.05, 3.63) is 101 Å². The van der Waals surface area contributed by atoms with Crippen LogP contribution in [0.4, 0.5) is 30.2 Å². The number of anilines is 3. The fraction of sp³-hybridized carbons (Fsp3) is 0.450. The van der Waals surface area contributed by atoms with Gasteiger partial charge < -0.3 is 24.3 Å². The van der Waals surface area contributed by atoms with Crippen LogP contribution in [0.25, 0.3) is 0 Å². The molecule has 5 aliphatic rings. The van der Waals surface area contributed by atoms with Crippen LogP contribution in [-0.2, 0) is 26.2 Å². The number of nitrogens with zero attached hydrogens (tertiary/aromatic N) is 4. The highest BCUT2D eigenvalue weighted by molar-refractivity contribution is 6.04. The fourth-order valence-corrected chi connectivity index (χ4v) is 9.44. The maximum Gasteiger partial charge on any atom is 0.250 e. The van der Waals surface area contributed by atoms with Gasteiger partial charge in [-0.2, -0.15) is 0 Å². The molecule has 0 unspecified atom stereocenters. The van der Waals surface area contributed by atoms with Gasteiger partial charge in [0.05, 0.1) is 30.6 Å². The van der Waals surface area contributed by atoms with Crippen LogP contribution in [0.1, 0.15) is 61.1 Å². The van der Waals surface area contributed by atoms with Gasteiger partial charge in [-0.1, -0.05) is 18.7 Å². The van der Waals surface area contributed by atoms with Crippen molar-refractivity contribution in [1.82, 2.24) is 4.90 Å². The zero-order valence-electron chi connectivity index (χ0n) is 28.3. The molecule has 2 amide bonds. The van der Waals surface area contributed by atoms with Gasteiger partial charge in [0, 0.05) is 50.9 Å². The number of piperidine rings is 1. The van der Waals surface area contributed by atoms with E-state index in [1.165, 1.54) is 18.2 Å². The number of carbonyl (C=O) groups is 2. The number of hydrogen-bond acceptors (Lipinski definition) is 5. The number of fused-ring (bicyclic) bond motifs is 5. The molecule has 3 aromatic carbocycles. The quantitative estimate of drug-likeness (QED) is 0.278. The van der Waals surface area contributed by atoms with E-state index in [0.29, 0.717) is 50.8 Å². The number of benzene rings is 3. The molecule has 262 valence electrons. The molecule has 0 N–H and O–H groups in total. The molecule has 3 aromatic rings. The van der Waals surface area contributed by atoms with Gasteiger partial charge in [0.2, 0.25) is 5.91 Å². The normalized spacial score (nSPS) is 23.9. The van der Waals surface area contributed by atoms with E-state index in [2.05, 4.69) is 34.6 Å². The van der Waals surface area contributed by atoms with Crippen molar-refractivity contribution in [3.8, 4) is 0 Å². The van der Waals surface area contributed by atoms with Crippen LogP contribution in [0.2, 0.25) is 0 Å². The van der Waals surface area contributed by atoms with Gasteiger partial charge in [-0.25, -0.2) is 13.2 Å². The lowest BCUT2D eigenvalue weighted by atomic mass is 9.73. The van der Waals surface area contributed by atoms with Gasteiger partial charge in [0.15, 0.2) is 11.6 Å². The molecule has 1 aliphatic carbocycles. The lowest BCUT2D eigenvalue weighted by molar-refractivity contribution is -0.140. The third-order valence-corrected chi connectivity index (χ3v) is 11.9. The van der Waals surface area contributed by atoms with Gasteiger partial charge >= 0.3 is 0 Å². The Bertz CT molecular complexity index is 1830. The van der Waals surface area contributed by atoms with Crippen molar-refractivity contribution in [1.29, 1.82) is 0 Å². The summed E-state index contributed by atoms with van der Waals surface area (Å²) in [6.45, 7) is 8.19. The standard InChI is InChI=1S/C40H43F3N4O3/c1-2-38(48)47-24-30-4-3-13-45(30)37-22-29(7-10-36(37)47)44-14-11-40(12-15-44)23-27(32-8-6-28(41)21-33(32)40)20-39(49)46-16-17-50-25-31(46)18-26-5-9-34(42)35(43)19-26/h2,5-10,19,21-22,27,30-31H,1,3-4,11-18,20,23-25H2/t27-,30+,31-/m1/s1. The molecule has 0 saturated carbocycles. The van der Waals surface area contributed by atoms with Crippen molar-refractivity contribution < 1.29 is 27.5 Å². The fourth-order valence-electron chi connectivity index (χ4n) is 9.44. The summed E-state index contributed by atoms with van der Waals surface area (Å²) in [5, 5.41) is 0. The van der Waals surface area contributed by atoms with Crippen LogP contribution in [0, 0.1) is 17.5 Å². The smallest absolute Gasteiger partial charge is 0.250 e. The van der Waals surface area contributed by atoms with E-state index < -0.39 is 11.6 Å². The maximum atomic E-state index is 14.8. The van der Waals surface area contributed by atoms with Gasteiger partial charge in [-0.05, 0) is 115 Å². The Kier molecular flexibility index (Phi) is 8.61. The van der Waals surface area contributed by atoms with E-state index in [1.54, 1.807) is 12.1 Å². The average molecular weight is 685 g/mol. The van der Waals surface area contributed by atoms with E-state index >= 15 is 0 Å². The third-order valence-electron chi connectivity index (χ3n) is 11.9. The van der Waals surface area contributed by atoms with Crippen molar-refractivity contribution >= 4 is 28.9 Å². The van der Waals surface area contributed by atoms with Gasteiger partial charge in [-0.15, -0.1) is 0 Å². The van der Waals surface area contributed by atoms with E-state index in [1.807, 2.05) is 15.9 Å². The van der Waals surface area contributed by atoms with Crippen LogP contribution in [0.15, 0.2) is 67.3 Å². The molecule has 7 nitrogen and oxygen atoms in total. The first kappa shape index (κ1) is 32.9. The molecule has 3 saturated heterocycles. The Balaban J connectivity index is 0.990. The SMILES string of the molecule is C=CC(=O)N1C[C@@H]2CCCN2c2cc(N3CCC4(CC3)C[C@@H](CC(=O)N3CCOC[C@H]3Cc3ccc(F)c(F)c3)c3ccc(F)cc34)ccc21. The number of hydrogen-bond donors (Lipinski definition) is 0. The third kappa shape index (κ3) is 5.85. The first-order valence-electron chi connectivity index (χ1n) is 17.9. The Morgan fingerprint density at radius 1 is 0.940 bits per heavy atom. The van der Waals surface area contributed by atoms with Crippen LogP contribution >= 0.6 is 0 Å². The van der Waals surface area contributed by atoms with E-state index in [0.717, 1.165) is 86.0 Å². The highest BCUT2D eigenvalue weighted by Crippen LogP contribution is 2.54. The summed E-state index contributed by atoms with van der Waals surface area (Å²) < 4.78 is 48.0. The van der Waals surface area contributed by atoms with Crippen LogP contribution < -0.4 is 14.7 Å². The van der Waals surface area contributed by atoms with E-state index in [4.69, 9.17) is 4.74 Å². The van der Waals surface area contributed by atoms with E-state index in [-0.39, 0.29) is 35.0 Å². The minimum absolute atomic E-state index is 0.00824. The largest absolute Gasteiger partial charge is 0.377 e. The lowest BCUT2D eigenvalue weighted by Gasteiger charge is -2.43. The van der Waals surface area contributed by atoms with E-state index in [9.17, 15) is 22.8 Å². The number of amides is 2. The molecule has 10 heteroatoms. The number of ether oxygens (including phenoxy) is 1.